The normalized spacial score (nSPS) is 19.9. The molecule has 7 unspecified atom stereocenters. The van der Waals surface area contributed by atoms with Crippen molar-refractivity contribution in [1.29, 1.82) is 0 Å². The number of H-pyrrole nitrogens is 1. The van der Waals surface area contributed by atoms with Crippen LogP contribution in [0.3, 0.4) is 0 Å². The Morgan fingerprint density at radius 3 is 2.55 bits per heavy atom. The van der Waals surface area contributed by atoms with Gasteiger partial charge in [0.05, 0.1) is 22.7 Å². The molecule has 8 N–H and O–H groups in total. The van der Waals surface area contributed by atoms with E-state index in [9.17, 15) is 49.8 Å². The van der Waals surface area contributed by atoms with Crippen molar-refractivity contribution in [3.63, 3.8) is 0 Å². The van der Waals surface area contributed by atoms with Crippen molar-refractivity contribution in [1.82, 2.24) is 15.0 Å². The Labute approximate surface area is 352 Å². The first-order chi connectivity index (χ1) is 29.9. The zero-order valence-corrected chi connectivity index (χ0v) is 33.2. The van der Waals surface area contributed by atoms with Crippen LogP contribution >= 0.6 is 0 Å². The molecule has 0 radical (unpaired) electrons. The molecule has 7 atom stereocenters. The molecule has 7 rings (SSSR count). The highest BCUT2D eigenvalue weighted by Gasteiger charge is 2.52. The molecule has 3 aromatic carbocycles. The van der Waals surface area contributed by atoms with Crippen LogP contribution in [0, 0.1) is 6.92 Å². The van der Waals surface area contributed by atoms with E-state index in [-0.39, 0.29) is 53.0 Å². The fraction of sp³-hybridized carbons (Fsp3) is 0.318. The van der Waals surface area contributed by atoms with E-state index in [1.807, 2.05) is 31.2 Å². The molecule has 1 aliphatic heterocycles. The SMILES string of the molecule is Cc1cc(CCCCO)cc(-c2c3[nH]ccc3cn2OC2C(Oc3ccc4c(=O)c(-c5ccc(O)cc5)coc4c3)OC(C(O)OC(=O)C(NCCC=O)C(=O)O)C(O)C2O)c1. The molecular weight excluding hydrogens is 810 g/mol. The number of ether oxygens (including phenoxy) is 3. The minimum atomic E-state index is -2.36. The third-order valence-corrected chi connectivity index (χ3v) is 10.4. The Morgan fingerprint density at radius 2 is 1.81 bits per heavy atom. The maximum atomic E-state index is 13.5. The average Bonchev–Trinajstić information content (AvgIpc) is 3.83. The van der Waals surface area contributed by atoms with Crippen LogP contribution in [0.5, 0.6) is 11.5 Å². The summed E-state index contributed by atoms with van der Waals surface area (Å²) in [6, 6.07) is 16.0. The minimum absolute atomic E-state index is 0.0156. The number of carbonyl (C=O) groups is 3. The van der Waals surface area contributed by atoms with Crippen LogP contribution < -0.4 is 20.3 Å². The van der Waals surface area contributed by atoms with Crippen molar-refractivity contribution in [3.8, 4) is 33.9 Å². The number of unbranched alkanes of at least 4 members (excludes halogenated alkanes) is 1. The molecule has 0 spiro atoms. The molecule has 1 saturated heterocycles. The molecule has 6 aromatic rings. The molecule has 1 fully saturated rings. The van der Waals surface area contributed by atoms with E-state index in [1.165, 1.54) is 41.3 Å². The number of carboxylic acids is 1. The van der Waals surface area contributed by atoms with E-state index >= 15 is 0 Å². The number of esters is 1. The lowest BCUT2D eigenvalue weighted by Gasteiger charge is -2.42. The summed E-state index contributed by atoms with van der Waals surface area (Å²) in [6.07, 6.45) is -4.45. The number of aldehydes is 1. The van der Waals surface area contributed by atoms with Gasteiger partial charge in [0.15, 0.2) is 11.5 Å². The smallest absolute Gasteiger partial charge is 0.337 e. The fourth-order valence-electron chi connectivity index (χ4n) is 7.34. The first-order valence-corrected chi connectivity index (χ1v) is 19.8. The summed E-state index contributed by atoms with van der Waals surface area (Å²) in [5.41, 5.74) is 4.33. The van der Waals surface area contributed by atoms with Gasteiger partial charge in [-0.1, -0.05) is 23.8 Å². The number of aliphatic hydroxyl groups excluding tert-OH is 4. The Kier molecular flexibility index (Phi) is 13.4. The Morgan fingerprint density at radius 1 is 1.02 bits per heavy atom. The largest absolute Gasteiger partial charge is 0.508 e. The highest BCUT2D eigenvalue weighted by molar-refractivity contribution is 5.98. The summed E-state index contributed by atoms with van der Waals surface area (Å²) >= 11 is 0. The summed E-state index contributed by atoms with van der Waals surface area (Å²) in [7, 11) is 0. The number of aliphatic carboxylic acids is 1. The Balaban J connectivity index is 1.23. The van der Waals surface area contributed by atoms with Crippen LogP contribution in [0.4, 0.5) is 0 Å². The number of nitrogens with one attached hydrogen (secondary N) is 2. The third kappa shape index (κ3) is 9.35. The number of carboxylic acid groups (broad SMARTS) is 1. The number of aryl methyl sites for hydroxylation is 2. The lowest BCUT2D eigenvalue weighted by Crippen LogP contribution is -2.65. The van der Waals surface area contributed by atoms with E-state index in [4.69, 9.17) is 23.5 Å². The second kappa shape index (κ2) is 19.0. The topological polar surface area (TPSA) is 272 Å². The van der Waals surface area contributed by atoms with Crippen LogP contribution in [0.2, 0.25) is 0 Å². The van der Waals surface area contributed by atoms with Gasteiger partial charge < -0.3 is 63.9 Å². The van der Waals surface area contributed by atoms with Gasteiger partial charge in [-0.05, 0) is 79.8 Å². The number of aromatic hydroxyl groups is 1. The number of hydrogen-bond donors (Lipinski definition) is 8. The number of hydrogen-bond acceptors (Lipinski definition) is 15. The summed E-state index contributed by atoms with van der Waals surface area (Å²) < 4.78 is 24.5. The van der Waals surface area contributed by atoms with E-state index in [0.717, 1.165) is 28.5 Å². The molecule has 0 aliphatic carbocycles. The Hall–Kier alpha value is -6.54. The standard InChI is InChI=1S/C44H45N3O15/c1-23-17-24(5-2-3-15-48)19-27(18-23)35-33-26(12-14-46-33)21-47(35)62-40-38(53)37(52)39(43(57)61-42(56)34(41(54)55)45-13-4-16-49)60-44(40)59-29-10-11-30-32(20-29)58-22-31(36(30)51)25-6-8-28(50)9-7-25/h6-12,14,16-22,34,37-40,43-46,48,50,52-53,57H,2-5,13,15H2,1H3,(H,54,55). The molecule has 326 valence electrons. The van der Waals surface area contributed by atoms with Crippen LogP contribution in [0.15, 0.2) is 94.6 Å². The van der Waals surface area contributed by atoms with Gasteiger partial charge in [-0.25, -0.2) is 9.59 Å². The van der Waals surface area contributed by atoms with Crippen LogP contribution in [-0.2, 0) is 30.3 Å². The predicted octanol–water partition coefficient (Wildman–Crippen LogP) is 2.56. The van der Waals surface area contributed by atoms with Gasteiger partial charge in [-0.2, -0.15) is 4.73 Å². The zero-order valence-electron chi connectivity index (χ0n) is 33.2. The predicted molar refractivity (Wildman–Crippen MR) is 220 cm³/mol. The number of benzene rings is 3. The second-order valence-corrected chi connectivity index (χ2v) is 14.8. The van der Waals surface area contributed by atoms with Crippen molar-refractivity contribution >= 4 is 40.1 Å². The fourth-order valence-corrected chi connectivity index (χ4v) is 7.34. The van der Waals surface area contributed by atoms with Crippen LogP contribution in [-0.4, -0.2) is 115 Å². The first-order valence-electron chi connectivity index (χ1n) is 19.8. The van der Waals surface area contributed by atoms with Crippen molar-refractivity contribution in [3.05, 3.63) is 107 Å². The van der Waals surface area contributed by atoms with E-state index < -0.39 is 55.0 Å². The molecule has 1 aliphatic rings. The third-order valence-electron chi connectivity index (χ3n) is 10.4. The number of phenolic OH excluding ortho intramolecular Hbond substituents is 1. The van der Waals surface area contributed by atoms with Crippen molar-refractivity contribution in [2.75, 3.05) is 13.2 Å². The number of nitrogens with zero attached hydrogens (tertiary/aromatic N) is 1. The maximum Gasteiger partial charge on any atom is 0.337 e. The molecule has 62 heavy (non-hydrogen) atoms. The molecular formula is C44H45N3O15. The highest BCUT2D eigenvalue weighted by Crippen LogP contribution is 2.34. The van der Waals surface area contributed by atoms with Crippen molar-refractivity contribution < 1.29 is 68.5 Å². The monoisotopic (exact) mass is 855 g/mol. The lowest BCUT2D eigenvalue weighted by molar-refractivity contribution is -0.318. The van der Waals surface area contributed by atoms with E-state index in [0.29, 0.717) is 35.9 Å². The number of carbonyl (C=O) groups excluding carboxylic acids is 2. The van der Waals surface area contributed by atoms with E-state index in [1.54, 1.807) is 24.5 Å². The molecule has 18 heteroatoms. The van der Waals surface area contributed by atoms with Crippen LogP contribution in [0.25, 0.3) is 44.3 Å². The van der Waals surface area contributed by atoms with Gasteiger partial charge in [0.1, 0.15) is 47.5 Å². The number of phenols is 1. The summed E-state index contributed by atoms with van der Waals surface area (Å²) in [5, 5.41) is 66.1. The van der Waals surface area contributed by atoms with Crippen LogP contribution in [0.1, 0.15) is 30.4 Å². The molecule has 0 bridgehead atoms. The molecule has 0 saturated carbocycles. The quantitative estimate of drug-likeness (QED) is 0.0203. The minimum Gasteiger partial charge on any atom is -0.508 e. The van der Waals surface area contributed by atoms with Gasteiger partial charge in [0.2, 0.25) is 24.7 Å². The first kappa shape index (κ1) is 43.5. The summed E-state index contributed by atoms with van der Waals surface area (Å²) in [4.78, 5) is 58.7. The zero-order chi connectivity index (χ0) is 44.1. The van der Waals surface area contributed by atoms with Gasteiger partial charge in [-0.3, -0.25) is 10.1 Å². The molecule has 4 heterocycles. The van der Waals surface area contributed by atoms with Gasteiger partial charge in [0.25, 0.3) is 0 Å². The summed E-state index contributed by atoms with van der Waals surface area (Å²) in [6.45, 7) is 1.81. The average molecular weight is 856 g/mol. The Bertz CT molecular complexity index is 2600. The lowest BCUT2D eigenvalue weighted by atomic mass is 9.98. The molecule has 18 nitrogen and oxygen atoms in total. The van der Waals surface area contributed by atoms with Gasteiger partial charge in [0, 0.05) is 42.8 Å². The molecule has 0 amide bonds. The number of aromatic amines is 1. The number of rotatable bonds is 18. The van der Waals surface area contributed by atoms with E-state index in [2.05, 4.69) is 10.3 Å². The van der Waals surface area contributed by atoms with Crippen molar-refractivity contribution in [2.24, 2.45) is 0 Å². The number of fused-ring (bicyclic) bond motifs is 2. The maximum absolute atomic E-state index is 13.5. The van der Waals surface area contributed by atoms with Gasteiger partial charge >= 0.3 is 11.9 Å². The number of aromatic nitrogens is 2. The molecule has 3 aromatic heterocycles. The number of aliphatic hydroxyl groups is 4. The van der Waals surface area contributed by atoms with Crippen molar-refractivity contribution in [2.45, 2.75) is 75.6 Å². The second-order valence-electron chi connectivity index (χ2n) is 14.8. The van der Waals surface area contributed by atoms with Gasteiger partial charge in [-0.15, -0.1) is 0 Å². The summed E-state index contributed by atoms with van der Waals surface area (Å²) in [5.74, 6) is -3.11. The highest BCUT2D eigenvalue weighted by atomic mass is 16.8.